The first-order valence-corrected chi connectivity index (χ1v) is 11.4. The van der Waals surface area contributed by atoms with Crippen molar-refractivity contribution in [3.63, 3.8) is 0 Å². The molecule has 35 heavy (non-hydrogen) atoms. The minimum atomic E-state index is -1.30. The predicted molar refractivity (Wildman–Crippen MR) is 133 cm³/mol. The summed E-state index contributed by atoms with van der Waals surface area (Å²) in [6, 6.07) is 12.9. The van der Waals surface area contributed by atoms with Crippen LogP contribution in [0.25, 0.3) is 0 Å². The summed E-state index contributed by atoms with van der Waals surface area (Å²) in [5.41, 5.74) is 0.323. The smallest absolute Gasteiger partial charge is 0.408 e. The van der Waals surface area contributed by atoms with Crippen LogP contribution in [0.4, 0.5) is 10.5 Å². The van der Waals surface area contributed by atoms with Gasteiger partial charge in [0.15, 0.2) is 0 Å². The number of rotatable bonds is 9. The van der Waals surface area contributed by atoms with E-state index in [9.17, 15) is 19.5 Å². The fourth-order valence-electron chi connectivity index (χ4n) is 3.45. The first-order valence-electron chi connectivity index (χ1n) is 11.4. The Morgan fingerprint density at radius 3 is 2.09 bits per heavy atom. The molecule has 9 nitrogen and oxygen atoms in total. The molecule has 9 heteroatoms. The van der Waals surface area contributed by atoms with Gasteiger partial charge in [0.05, 0.1) is 13.7 Å². The van der Waals surface area contributed by atoms with Gasteiger partial charge in [0, 0.05) is 11.7 Å². The zero-order valence-electron chi connectivity index (χ0n) is 21.1. The van der Waals surface area contributed by atoms with Gasteiger partial charge >= 0.3 is 6.09 Å². The highest BCUT2D eigenvalue weighted by molar-refractivity contribution is 5.99. The number of carbonyl (C=O) groups excluding carboxylic acids is 3. The number of amides is 3. The van der Waals surface area contributed by atoms with Crippen LogP contribution in [-0.2, 0) is 14.3 Å². The molecule has 3 amide bonds. The van der Waals surface area contributed by atoms with Gasteiger partial charge in [-0.1, -0.05) is 30.3 Å². The standard InChI is InChI=1S/C26H35N3O6/c1-17(2)29(24(32)21(16-30)28-25(33)35-26(3,4)5)22(18-10-8-7-9-11-18)23(31)27-19-12-14-20(34-6)15-13-19/h7-15,17,21-22,30H,16H2,1-6H3,(H,27,31)(H,28,33). The molecule has 0 aromatic heterocycles. The maximum absolute atomic E-state index is 13.6. The highest BCUT2D eigenvalue weighted by atomic mass is 16.6. The Hall–Kier alpha value is -3.59. The molecular weight excluding hydrogens is 450 g/mol. The van der Waals surface area contributed by atoms with E-state index in [-0.39, 0.29) is 0 Å². The third-order valence-corrected chi connectivity index (χ3v) is 4.98. The maximum Gasteiger partial charge on any atom is 0.408 e. The first-order chi connectivity index (χ1) is 16.5. The Bertz CT molecular complexity index is 986. The predicted octanol–water partition coefficient (Wildman–Crippen LogP) is 3.50. The Morgan fingerprint density at radius 1 is 1.00 bits per heavy atom. The summed E-state index contributed by atoms with van der Waals surface area (Å²) in [4.78, 5) is 40.7. The zero-order chi connectivity index (χ0) is 26.2. The molecule has 0 saturated heterocycles. The molecule has 2 unspecified atom stereocenters. The molecule has 2 aromatic carbocycles. The molecule has 0 heterocycles. The summed E-state index contributed by atoms with van der Waals surface area (Å²) in [5.74, 6) is -0.426. The fourth-order valence-corrected chi connectivity index (χ4v) is 3.45. The third-order valence-electron chi connectivity index (χ3n) is 4.98. The summed E-state index contributed by atoms with van der Waals surface area (Å²) in [5, 5.41) is 15.2. The van der Waals surface area contributed by atoms with Crippen molar-refractivity contribution in [1.82, 2.24) is 10.2 Å². The number of hydrogen-bond donors (Lipinski definition) is 3. The average molecular weight is 486 g/mol. The van der Waals surface area contributed by atoms with E-state index < -0.39 is 48.2 Å². The number of ether oxygens (including phenoxy) is 2. The van der Waals surface area contributed by atoms with Gasteiger partial charge < -0.3 is 30.1 Å². The normalized spacial score (nSPS) is 12.9. The third kappa shape index (κ3) is 7.99. The number of benzene rings is 2. The number of alkyl carbamates (subject to hydrolysis) is 1. The highest BCUT2D eigenvalue weighted by Gasteiger charge is 2.37. The van der Waals surface area contributed by atoms with Gasteiger partial charge in [-0.05, 0) is 64.4 Å². The van der Waals surface area contributed by atoms with Gasteiger partial charge in [0.1, 0.15) is 23.4 Å². The number of methoxy groups -OCH3 is 1. The number of aliphatic hydroxyl groups excluding tert-OH is 1. The van der Waals surface area contributed by atoms with Crippen molar-refractivity contribution in [3.8, 4) is 5.75 Å². The van der Waals surface area contributed by atoms with E-state index in [1.54, 1.807) is 90.3 Å². The van der Waals surface area contributed by atoms with Gasteiger partial charge in [0.25, 0.3) is 5.91 Å². The monoisotopic (exact) mass is 485 g/mol. The molecule has 3 N–H and O–H groups in total. The van der Waals surface area contributed by atoms with Crippen LogP contribution >= 0.6 is 0 Å². The summed E-state index contributed by atoms with van der Waals surface area (Å²) >= 11 is 0. The van der Waals surface area contributed by atoms with E-state index in [0.29, 0.717) is 17.0 Å². The van der Waals surface area contributed by atoms with Crippen LogP contribution in [0.3, 0.4) is 0 Å². The number of nitrogens with zero attached hydrogens (tertiary/aromatic N) is 1. The number of nitrogens with one attached hydrogen (secondary N) is 2. The second-order valence-electron chi connectivity index (χ2n) is 9.25. The van der Waals surface area contributed by atoms with Crippen LogP contribution in [0, 0.1) is 0 Å². The van der Waals surface area contributed by atoms with Gasteiger partial charge in [-0.3, -0.25) is 9.59 Å². The lowest BCUT2D eigenvalue weighted by molar-refractivity contribution is -0.143. The lowest BCUT2D eigenvalue weighted by Crippen LogP contribution is -2.55. The van der Waals surface area contributed by atoms with Gasteiger partial charge in [-0.15, -0.1) is 0 Å². The highest BCUT2D eigenvalue weighted by Crippen LogP contribution is 2.27. The lowest BCUT2D eigenvalue weighted by Gasteiger charge is -2.36. The van der Waals surface area contributed by atoms with Crippen molar-refractivity contribution in [2.24, 2.45) is 0 Å². The molecule has 0 radical (unpaired) electrons. The molecular formula is C26H35N3O6. The minimum absolute atomic E-state index is 0.441. The molecule has 0 bridgehead atoms. The van der Waals surface area contributed by atoms with E-state index in [1.807, 2.05) is 6.07 Å². The van der Waals surface area contributed by atoms with Crippen LogP contribution in [0.5, 0.6) is 5.75 Å². The molecule has 0 aliphatic rings. The van der Waals surface area contributed by atoms with Crippen molar-refractivity contribution < 1.29 is 29.0 Å². The van der Waals surface area contributed by atoms with Crippen LogP contribution in [0.15, 0.2) is 54.6 Å². The van der Waals surface area contributed by atoms with E-state index >= 15 is 0 Å². The summed E-state index contributed by atoms with van der Waals surface area (Å²) in [6.45, 7) is 7.93. The summed E-state index contributed by atoms with van der Waals surface area (Å²) in [6.07, 6.45) is -0.840. The molecule has 0 saturated carbocycles. The van der Waals surface area contributed by atoms with Crippen molar-refractivity contribution in [2.75, 3.05) is 19.0 Å². The Labute approximate surface area is 206 Å². The Balaban J connectivity index is 2.39. The largest absolute Gasteiger partial charge is 0.497 e. The molecule has 2 atom stereocenters. The number of aliphatic hydroxyl groups is 1. The van der Waals surface area contributed by atoms with Gasteiger partial charge in [0.2, 0.25) is 5.91 Å². The summed E-state index contributed by atoms with van der Waals surface area (Å²) in [7, 11) is 1.55. The van der Waals surface area contributed by atoms with Gasteiger partial charge in [-0.2, -0.15) is 0 Å². The average Bonchev–Trinajstić information content (AvgIpc) is 2.80. The van der Waals surface area contributed by atoms with Crippen LogP contribution < -0.4 is 15.4 Å². The molecule has 0 aliphatic heterocycles. The maximum atomic E-state index is 13.6. The topological polar surface area (TPSA) is 117 Å². The number of anilines is 1. The second-order valence-corrected chi connectivity index (χ2v) is 9.25. The fraction of sp³-hybridized carbons (Fsp3) is 0.423. The van der Waals surface area contributed by atoms with Crippen molar-refractivity contribution in [3.05, 3.63) is 60.2 Å². The second kappa shape index (κ2) is 12.2. The molecule has 0 fully saturated rings. The van der Waals surface area contributed by atoms with E-state index in [2.05, 4.69) is 10.6 Å². The summed E-state index contributed by atoms with van der Waals surface area (Å²) < 4.78 is 10.4. The van der Waals surface area contributed by atoms with E-state index in [0.717, 1.165) is 0 Å². The van der Waals surface area contributed by atoms with E-state index in [1.165, 1.54) is 4.90 Å². The van der Waals surface area contributed by atoms with Gasteiger partial charge in [-0.25, -0.2) is 4.79 Å². The Morgan fingerprint density at radius 2 is 1.60 bits per heavy atom. The minimum Gasteiger partial charge on any atom is -0.497 e. The molecule has 2 rings (SSSR count). The van der Waals surface area contributed by atoms with Crippen molar-refractivity contribution in [1.29, 1.82) is 0 Å². The van der Waals surface area contributed by atoms with Crippen molar-refractivity contribution >= 4 is 23.6 Å². The lowest BCUT2D eigenvalue weighted by atomic mass is 10.0. The quantitative estimate of drug-likeness (QED) is 0.501. The molecule has 0 spiro atoms. The Kier molecular flexibility index (Phi) is 9.65. The SMILES string of the molecule is COc1ccc(NC(=O)C(c2ccccc2)N(C(=O)C(CO)NC(=O)OC(C)(C)C)C(C)C)cc1. The number of hydrogen-bond acceptors (Lipinski definition) is 6. The van der Waals surface area contributed by atoms with Crippen LogP contribution in [-0.4, -0.2) is 59.3 Å². The zero-order valence-corrected chi connectivity index (χ0v) is 21.1. The number of carbonyl (C=O) groups is 3. The van der Waals surface area contributed by atoms with Crippen LogP contribution in [0.2, 0.25) is 0 Å². The van der Waals surface area contributed by atoms with Crippen LogP contribution in [0.1, 0.15) is 46.2 Å². The molecule has 190 valence electrons. The first kappa shape index (κ1) is 27.7. The molecule has 0 aliphatic carbocycles. The molecule has 2 aromatic rings. The van der Waals surface area contributed by atoms with E-state index in [4.69, 9.17) is 9.47 Å². The van der Waals surface area contributed by atoms with Crippen molar-refractivity contribution in [2.45, 2.75) is 58.3 Å².